The number of carbonyl (C=O) groups is 2. The van der Waals surface area contributed by atoms with Crippen molar-refractivity contribution in [3.05, 3.63) is 129 Å². The average Bonchev–Trinajstić information content (AvgIpc) is 3.04. The molecular weight excluding hydrogens is 686 g/mol. The number of carbonyl (C=O) groups excluding carboxylic acids is 2. The molecule has 4 aromatic carbocycles. The van der Waals surface area contributed by atoms with E-state index in [0.29, 0.717) is 17.0 Å². The Balaban J connectivity index is 1.83. The number of rotatable bonds is 13. The number of amides is 2. The summed E-state index contributed by atoms with van der Waals surface area (Å²) in [7, 11) is -4.22. The molecule has 4 aromatic rings. The van der Waals surface area contributed by atoms with E-state index in [1.54, 1.807) is 37.3 Å². The maximum atomic E-state index is 14.6. The summed E-state index contributed by atoms with van der Waals surface area (Å²) >= 11 is 9.83. The van der Waals surface area contributed by atoms with Gasteiger partial charge in [-0.3, -0.25) is 13.9 Å². The number of aryl methyl sites for hydroxylation is 2. The highest BCUT2D eigenvalue weighted by molar-refractivity contribution is 9.10. The third-order valence-corrected chi connectivity index (χ3v) is 10.4. The van der Waals surface area contributed by atoms with Crippen LogP contribution in [0.15, 0.2) is 106 Å². The van der Waals surface area contributed by atoms with Crippen molar-refractivity contribution < 1.29 is 18.0 Å². The normalized spacial score (nSPS) is 12.7. The Morgan fingerprint density at radius 2 is 1.54 bits per heavy atom. The number of benzene rings is 4. The van der Waals surface area contributed by atoms with Crippen molar-refractivity contribution in [2.24, 2.45) is 0 Å². The average molecular weight is 725 g/mol. The minimum atomic E-state index is -4.22. The van der Waals surface area contributed by atoms with Crippen molar-refractivity contribution in [1.29, 1.82) is 0 Å². The van der Waals surface area contributed by atoms with Gasteiger partial charge in [0.15, 0.2) is 0 Å². The zero-order valence-electron chi connectivity index (χ0n) is 26.4. The van der Waals surface area contributed by atoms with Crippen LogP contribution in [0.2, 0.25) is 5.02 Å². The molecule has 0 aromatic heterocycles. The highest BCUT2D eigenvalue weighted by Crippen LogP contribution is 2.30. The molecule has 2 atom stereocenters. The summed E-state index contributed by atoms with van der Waals surface area (Å²) < 4.78 is 30.5. The monoisotopic (exact) mass is 723 g/mol. The molecule has 46 heavy (non-hydrogen) atoms. The van der Waals surface area contributed by atoms with Crippen LogP contribution in [0.1, 0.15) is 42.5 Å². The number of sulfonamides is 1. The maximum Gasteiger partial charge on any atom is 0.264 e. The fourth-order valence-corrected chi connectivity index (χ4v) is 6.88. The minimum absolute atomic E-state index is 0.0417. The fourth-order valence-electron chi connectivity index (χ4n) is 4.98. The van der Waals surface area contributed by atoms with Gasteiger partial charge in [0, 0.05) is 28.5 Å². The number of hydrogen-bond donors (Lipinski definition) is 1. The van der Waals surface area contributed by atoms with Crippen LogP contribution < -0.4 is 9.62 Å². The first-order valence-corrected chi connectivity index (χ1v) is 17.7. The van der Waals surface area contributed by atoms with Crippen LogP contribution in [0, 0.1) is 13.8 Å². The van der Waals surface area contributed by atoms with E-state index >= 15 is 0 Å². The number of anilines is 1. The molecule has 0 aliphatic heterocycles. The van der Waals surface area contributed by atoms with Crippen LogP contribution in [-0.4, -0.2) is 43.8 Å². The van der Waals surface area contributed by atoms with Crippen molar-refractivity contribution >= 4 is 55.1 Å². The van der Waals surface area contributed by atoms with Gasteiger partial charge < -0.3 is 10.2 Å². The number of nitrogens with zero attached hydrogens (tertiary/aromatic N) is 2. The molecule has 0 spiro atoms. The Morgan fingerprint density at radius 3 is 2.17 bits per heavy atom. The molecule has 0 unspecified atom stereocenters. The quantitative estimate of drug-likeness (QED) is 0.155. The topological polar surface area (TPSA) is 86.8 Å². The third-order valence-electron chi connectivity index (χ3n) is 7.87. The smallest absolute Gasteiger partial charge is 0.264 e. The Morgan fingerprint density at radius 1 is 0.891 bits per heavy atom. The lowest BCUT2D eigenvalue weighted by Crippen LogP contribution is -2.54. The van der Waals surface area contributed by atoms with Crippen LogP contribution in [-0.2, 0) is 32.6 Å². The molecule has 10 heteroatoms. The highest BCUT2D eigenvalue weighted by Gasteiger charge is 2.35. The van der Waals surface area contributed by atoms with Crippen LogP contribution in [0.5, 0.6) is 0 Å². The fraction of sp³-hybridized carbons (Fsp3) is 0.278. The van der Waals surface area contributed by atoms with Crippen LogP contribution in [0.4, 0.5) is 5.69 Å². The van der Waals surface area contributed by atoms with Gasteiger partial charge in [-0.1, -0.05) is 101 Å². The predicted molar refractivity (Wildman–Crippen MR) is 188 cm³/mol. The Labute approximate surface area is 285 Å². The zero-order chi connectivity index (χ0) is 33.4. The number of hydrogen-bond acceptors (Lipinski definition) is 4. The minimum Gasteiger partial charge on any atom is -0.352 e. The largest absolute Gasteiger partial charge is 0.352 e. The molecule has 0 bridgehead atoms. The van der Waals surface area contributed by atoms with Crippen molar-refractivity contribution in [1.82, 2.24) is 10.2 Å². The van der Waals surface area contributed by atoms with E-state index in [1.165, 1.54) is 17.0 Å². The molecule has 2 amide bonds. The summed E-state index contributed by atoms with van der Waals surface area (Å²) in [6.45, 7) is 7.07. The first-order chi connectivity index (χ1) is 21.9. The molecule has 7 nitrogen and oxygen atoms in total. The van der Waals surface area contributed by atoms with Gasteiger partial charge >= 0.3 is 0 Å². The molecule has 0 radical (unpaired) electrons. The number of nitrogens with one attached hydrogen (secondary N) is 1. The molecule has 4 rings (SSSR count). The SMILES string of the molecule is CC[C@H](C)NC(=O)[C@@H](Cc1ccccc1)N(Cc1ccc(Br)cc1)C(=O)CN(c1cc(Cl)ccc1C)S(=O)(=O)c1ccc(C)cc1. The highest BCUT2D eigenvalue weighted by atomic mass is 79.9. The van der Waals surface area contributed by atoms with Crippen molar-refractivity contribution in [3.63, 3.8) is 0 Å². The van der Waals surface area contributed by atoms with Gasteiger partial charge in [0.1, 0.15) is 12.6 Å². The summed E-state index contributed by atoms with van der Waals surface area (Å²) in [5.41, 5.74) is 3.47. The molecule has 0 aliphatic rings. The van der Waals surface area contributed by atoms with Crippen molar-refractivity contribution in [3.8, 4) is 0 Å². The van der Waals surface area contributed by atoms with Crippen LogP contribution in [0.3, 0.4) is 0 Å². The van der Waals surface area contributed by atoms with Crippen molar-refractivity contribution in [2.75, 3.05) is 10.8 Å². The lowest BCUT2D eigenvalue weighted by atomic mass is 10.0. The second-order valence-corrected chi connectivity index (χ2v) is 14.6. The Hall–Kier alpha value is -3.66. The summed E-state index contributed by atoms with van der Waals surface area (Å²) in [6, 6.07) is 27.4. The molecule has 242 valence electrons. The predicted octanol–water partition coefficient (Wildman–Crippen LogP) is 7.47. The van der Waals surface area contributed by atoms with E-state index < -0.39 is 28.5 Å². The van der Waals surface area contributed by atoms with E-state index in [2.05, 4.69) is 21.2 Å². The van der Waals surface area contributed by atoms with Crippen LogP contribution >= 0.6 is 27.5 Å². The van der Waals surface area contributed by atoms with Gasteiger partial charge in [0.25, 0.3) is 10.0 Å². The van der Waals surface area contributed by atoms with E-state index in [9.17, 15) is 18.0 Å². The first-order valence-electron chi connectivity index (χ1n) is 15.1. The van der Waals surface area contributed by atoms with Gasteiger partial charge in [0.2, 0.25) is 11.8 Å². The second-order valence-electron chi connectivity index (χ2n) is 11.4. The molecular formula is C36H39BrClN3O4S. The Kier molecular flexibility index (Phi) is 12.1. The maximum absolute atomic E-state index is 14.6. The number of halogens is 2. The summed E-state index contributed by atoms with van der Waals surface area (Å²) in [5, 5.41) is 3.39. The van der Waals surface area contributed by atoms with Crippen LogP contribution in [0.25, 0.3) is 0 Å². The van der Waals surface area contributed by atoms with Gasteiger partial charge in [-0.2, -0.15) is 0 Å². The van der Waals surface area contributed by atoms with E-state index in [4.69, 9.17) is 11.6 Å². The van der Waals surface area contributed by atoms with E-state index in [-0.39, 0.29) is 35.5 Å². The summed E-state index contributed by atoms with van der Waals surface area (Å²) in [5.74, 6) is -0.839. The zero-order valence-corrected chi connectivity index (χ0v) is 29.6. The Bertz CT molecular complexity index is 1750. The lowest BCUT2D eigenvalue weighted by molar-refractivity contribution is -0.140. The molecule has 0 fully saturated rings. The summed E-state index contributed by atoms with van der Waals surface area (Å²) in [6.07, 6.45) is 0.952. The first kappa shape index (κ1) is 35.2. The molecule has 0 saturated heterocycles. The van der Waals surface area contributed by atoms with E-state index in [0.717, 1.165) is 25.5 Å². The van der Waals surface area contributed by atoms with E-state index in [1.807, 2.05) is 75.4 Å². The molecule has 0 saturated carbocycles. The molecule has 0 aliphatic carbocycles. The third kappa shape index (κ3) is 8.99. The lowest BCUT2D eigenvalue weighted by Gasteiger charge is -2.34. The summed E-state index contributed by atoms with van der Waals surface area (Å²) in [4.78, 5) is 30.1. The standard InChI is InChI=1S/C36H39BrClN3O4S/c1-5-27(4)39-36(43)34(21-28-9-7-6-8-10-28)40(23-29-14-16-30(37)17-15-29)35(42)24-41(33-22-31(38)18-13-26(33)3)46(44,45)32-19-11-25(2)12-20-32/h6-20,22,27,34H,5,21,23-24H2,1-4H3,(H,39,43)/t27-,34+/m0/s1. The van der Waals surface area contributed by atoms with Gasteiger partial charge in [-0.05, 0) is 80.3 Å². The van der Waals surface area contributed by atoms with Gasteiger partial charge in [-0.15, -0.1) is 0 Å². The molecule has 0 heterocycles. The molecule has 1 N–H and O–H groups in total. The van der Waals surface area contributed by atoms with Crippen molar-refractivity contribution in [2.45, 2.75) is 64.1 Å². The second kappa shape index (κ2) is 15.8. The van der Waals surface area contributed by atoms with Gasteiger partial charge in [-0.25, -0.2) is 8.42 Å². The van der Waals surface area contributed by atoms with Gasteiger partial charge in [0.05, 0.1) is 10.6 Å².